The van der Waals surface area contributed by atoms with Crippen LogP contribution in [0.3, 0.4) is 0 Å². The van der Waals surface area contributed by atoms with Gasteiger partial charge in [-0.25, -0.2) is 0 Å². The van der Waals surface area contributed by atoms with E-state index in [1.165, 1.54) is 0 Å². The van der Waals surface area contributed by atoms with Crippen LogP contribution in [0.1, 0.15) is 22.3 Å². The van der Waals surface area contributed by atoms with Gasteiger partial charge in [0.25, 0.3) is 0 Å². The molecule has 0 aromatic heterocycles. The van der Waals surface area contributed by atoms with Gasteiger partial charge in [-0.05, 0) is 36.6 Å². The summed E-state index contributed by atoms with van der Waals surface area (Å²) in [6.07, 6.45) is 2.12. The lowest BCUT2D eigenvalue weighted by atomic mass is 9.83. The molecule has 0 bridgehead atoms. The number of ketones is 1. The topological polar surface area (TPSA) is 43.4 Å². The fourth-order valence-corrected chi connectivity index (χ4v) is 1.92. The Kier molecular flexibility index (Phi) is 2.54. The van der Waals surface area contributed by atoms with Crippen molar-refractivity contribution in [2.24, 2.45) is 5.92 Å². The number of aryl methyl sites for hydroxylation is 1. The van der Waals surface area contributed by atoms with Crippen LogP contribution in [-0.2, 0) is 11.2 Å². The molecule has 0 amide bonds. The van der Waals surface area contributed by atoms with Crippen LogP contribution in [0.4, 0.5) is 0 Å². The number of carbonyl (C=O) groups is 2. The molecule has 0 aliphatic heterocycles. The number of methoxy groups -OCH3 is 1. The van der Waals surface area contributed by atoms with Gasteiger partial charge in [-0.2, -0.15) is 0 Å². The molecule has 0 saturated heterocycles. The molecule has 0 unspecified atom stereocenters. The van der Waals surface area contributed by atoms with Crippen molar-refractivity contribution >= 4 is 12.1 Å². The number of hydrogen-bond donors (Lipinski definition) is 0. The second-order valence-electron chi connectivity index (χ2n) is 3.67. The molecule has 0 N–H and O–H groups in total. The third-order valence-corrected chi connectivity index (χ3v) is 2.80. The molecule has 1 atom stereocenters. The largest absolute Gasteiger partial charge is 0.497 e. The van der Waals surface area contributed by atoms with Gasteiger partial charge < -0.3 is 9.53 Å². The van der Waals surface area contributed by atoms with E-state index in [0.29, 0.717) is 12.0 Å². The molecule has 0 fully saturated rings. The standard InChI is InChI=1S/C12H12O3/c1-15-10-4-5-11-8(6-10)2-3-9(7-13)12(11)14/h4-7,9H,2-3H2,1H3/t9-/m1/s1. The lowest BCUT2D eigenvalue weighted by Gasteiger charge is -2.19. The highest BCUT2D eigenvalue weighted by Gasteiger charge is 2.26. The Hall–Kier alpha value is -1.64. The van der Waals surface area contributed by atoms with E-state index in [0.717, 1.165) is 24.0 Å². The van der Waals surface area contributed by atoms with Gasteiger partial charge in [-0.1, -0.05) is 0 Å². The Morgan fingerprint density at radius 3 is 2.93 bits per heavy atom. The van der Waals surface area contributed by atoms with Crippen LogP contribution in [0.15, 0.2) is 18.2 Å². The number of aldehydes is 1. The number of ether oxygens (including phenoxy) is 1. The van der Waals surface area contributed by atoms with Crippen molar-refractivity contribution < 1.29 is 14.3 Å². The summed E-state index contributed by atoms with van der Waals surface area (Å²) in [5, 5.41) is 0. The quantitative estimate of drug-likeness (QED) is 0.543. The summed E-state index contributed by atoms with van der Waals surface area (Å²) in [5.74, 6) is 0.242. The predicted octanol–water partition coefficient (Wildman–Crippen LogP) is 1.64. The van der Waals surface area contributed by atoms with Gasteiger partial charge in [0, 0.05) is 5.56 Å². The summed E-state index contributed by atoms with van der Waals surface area (Å²) in [4.78, 5) is 22.4. The molecule has 0 heterocycles. The second-order valence-corrected chi connectivity index (χ2v) is 3.67. The minimum atomic E-state index is -0.453. The molecule has 1 aliphatic rings. The molecule has 3 nitrogen and oxygen atoms in total. The van der Waals surface area contributed by atoms with Crippen molar-refractivity contribution in [1.29, 1.82) is 0 Å². The van der Waals surface area contributed by atoms with Gasteiger partial charge in [0.1, 0.15) is 12.0 Å². The first-order valence-electron chi connectivity index (χ1n) is 4.92. The SMILES string of the molecule is COc1ccc2c(c1)CC[C@H](C=O)C2=O. The maximum Gasteiger partial charge on any atom is 0.173 e. The fraction of sp³-hybridized carbons (Fsp3) is 0.333. The summed E-state index contributed by atoms with van der Waals surface area (Å²) in [6.45, 7) is 0. The van der Waals surface area contributed by atoms with Crippen molar-refractivity contribution in [2.45, 2.75) is 12.8 Å². The first-order chi connectivity index (χ1) is 7.26. The molecule has 1 aromatic rings. The Balaban J connectivity index is 2.41. The van der Waals surface area contributed by atoms with E-state index in [1.54, 1.807) is 19.2 Å². The fourth-order valence-electron chi connectivity index (χ4n) is 1.92. The molecule has 0 spiro atoms. The lowest BCUT2D eigenvalue weighted by Crippen LogP contribution is -2.23. The zero-order valence-electron chi connectivity index (χ0n) is 8.53. The minimum Gasteiger partial charge on any atom is -0.497 e. The average Bonchev–Trinajstić information content (AvgIpc) is 2.29. The Morgan fingerprint density at radius 2 is 2.27 bits per heavy atom. The van der Waals surface area contributed by atoms with E-state index in [2.05, 4.69) is 0 Å². The van der Waals surface area contributed by atoms with Crippen molar-refractivity contribution in [3.8, 4) is 5.75 Å². The van der Waals surface area contributed by atoms with Crippen LogP contribution >= 0.6 is 0 Å². The lowest BCUT2D eigenvalue weighted by molar-refractivity contribution is -0.110. The molecular formula is C12H12O3. The number of fused-ring (bicyclic) bond motifs is 1. The number of hydrogen-bond acceptors (Lipinski definition) is 3. The maximum absolute atomic E-state index is 11.8. The molecular weight excluding hydrogens is 192 g/mol. The van der Waals surface area contributed by atoms with Gasteiger partial charge >= 0.3 is 0 Å². The van der Waals surface area contributed by atoms with Crippen molar-refractivity contribution in [3.63, 3.8) is 0 Å². The van der Waals surface area contributed by atoms with Crippen LogP contribution in [0, 0.1) is 5.92 Å². The molecule has 1 aromatic carbocycles. The first kappa shape index (κ1) is 9.90. The van der Waals surface area contributed by atoms with Crippen LogP contribution in [0.25, 0.3) is 0 Å². The van der Waals surface area contributed by atoms with Gasteiger partial charge in [-0.15, -0.1) is 0 Å². The maximum atomic E-state index is 11.8. The normalized spacial score (nSPS) is 19.5. The zero-order valence-corrected chi connectivity index (χ0v) is 8.53. The Labute approximate surface area is 88.1 Å². The van der Waals surface area contributed by atoms with Crippen LogP contribution in [0.5, 0.6) is 5.75 Å². The third-order valence-electron chi connectivity index (χ3n) is 2.80. The van der Waals surface area contributed by atoms with Crippen LogP contribution < -0.4 is 4.74 Å². The highest BCUT2D eigenvalue weighted by molar-refractivity contribution is 6.07. The van der Waals surface area contributed by atoms with Crippen LogP contribution in [-0.4, -0.2) is 19.2 Å². The second kappa shape index (κ2) is 3.85. The molecule has 2 rings (SSSR count). The van der Waals surface area contributed by atoms with Gasteiger partial charge in [0.15, 0.2) is 5.78 Å². The van der Waals surface area contributed by atoms with E-state index < -0.39 is 5.92 Å². The smallest absolute Gasteiger partial charge is 0.173 e. The highest BCUT2D eigenvalue weighted by Crippen LogP contribution is 2.27. The molecule has 0 saturated carbocycles. The molecule has 1 aliphatic carbocycles. The number of carbonyl (C=O) groups excluding carboxylic acids is 2. The summed E-state index contributed by atoms with van der Waals surface area (Å²) in [6, 6.07) is 5.37. The summed E-state index contributed by atoms with van der Waals surface area (Å²) in [5.41, 5.74) is 1.65. The van der Waals surface area contributed by atoms with E-state index >= 15 is 0 Å². The predicted molar refractivity (Wildman–Crippen MR) is 55.2 cm³/mol. The van der Waals surface area contributed by atoms with Crippen molar-refractivity contribution in [1.82, 2.24) is 0 Å². The summed E-state index contributed by atoms with van der Waals surface area (Å²) >= 11 is 0. The van der Waals surface area contributed by atoms with E-state index in [1.807, 2.05) is 6.07 Å². The highest BCUT2D eigenvalue weighted by atomic mass is 16.5. The van der Waals surface area contributed by atoms with Crippen molar-refractivity contribution in [3.05, 3.63) is 29.3 Å². The van der Waals surface area contributed by atoms with Gasteiger partial charge in [0.2, 0.25) is 0 Å². The average molecular weight is 204 g/mol. The summed E-state index contributed by atoms with van der Waals surface area (Å²) < 4.78 is 5.09. The van der Waals surface area contributed by atoms with E-state index in [4.69, 9.17) is 4.74 Å². The van der Waals surface area contributed by atoms with Crippen molar-refractivity contribution in [2.75, 3.05) is 7.11 Å². The monoisotopic (exact) mass is 204 g/mol. The molecule has 15 heavy (non-hydrogen) atoms. The molecule has 3 heteroatoms. The Morgan fingerprint density at radius 1 is 1.47 bits per heavy atom. The molecule has 78 valence electrons. The molecule has 0 radical (unpaired) electrons. The minimum absolute atomic E-state index is 0.0612. The number of Topliss-reactive ketones (excluding diaryl/α,β-unsaturated/α-hetero) is 1. The Bertz CT molecular complexity index is 409. The van der Waals surface area contributed by atoms with Gasteiger partial charge in [-0.3, -0.25) is 4.79 Å². The van der Waals surface area contributed by atoms with E-state index in [-0.39, 0.29) is 5.78 Å². The number of rotatable bonds is 2. The summed E-state index contributed by atoms with van der Waals surface area (Å²) in [7, 11) is 1.60. The van der Waals surface area contributed by atoms with Gasteiger partial charge in [0.05, 0.1) is 13.0 Å². The third kappa shape index (κ3) is 1.65. The number of benzene rings is 1. The zero-order chi connectivity index (χ0) is 10.8. The van der Waals surface area contributed by atoms with Crippen LogP contribution in [0.2, 0.25) is 0 Å². The first-order valence-corrected chi connectivity index (χ1v) is 4.92. The van der Waals surface area contributed by atoms with E-state index in [9.17, 15) is 9.59 Å².